The van der Waals surface area contributed by atoms with Crippen LogP contribution in [0.2, 0.25) is 0 Å². The standard InChI is InChI=1S/C13H19N5O7/c14-13-16-10-7(11(23)17-13)15-4-18(10)12-9(22)8(21)6(25-12)3-24-2-5(20)1-19/h4-6,8-9,12,19-22H,1-3H2,(H3,14,16,17,23)/t5?,6-,8-,9-,12-/m1/s1. The van der Waals surface area contributed by atoms with E-state index < -0.39 is 42.8 Å². The summed E-state index contributed by atoms with van der Waals surface area (Å²) in [6.45, 7) is -0.720. The summed E-state index contributed by atoms with van der Waals surface area (Å²) >= 11 is 0. The molecular formula is C13H19N5O7. The van der Waals surface area contributed by atoms with E-state index in [0.29, 0.717) is 0 Å². The van der Waals surface area contributed by atoms with Crippen LogP contribution in [0.15, 0.2) is 11.1 Å². The van der Waals surface area contributed by atoms with Gasteiger partial charge in [0.2, 0.25) is 5.95 Å². The van der Waals surface area contributed by atoms with E-state index in [-0.39, 0.29) is 30.3 Å². The third-order valence-corrected chi connectivity index (χ3v) is 3.87. The van der Waals surface area contributed by atoms with Crippen LogP contribution in [0.25, 0.3) is 11.2 Å². The molecule has 0 spiro atoms. The van der Waals surface area contributed by atoms with Crippen LogP contribution in [0.4, 0.5) is 5.95 Å². The Morgan fingerprint density at radius 3 is 2.92 bits per heavy atom. The van der Waals surface area contributed by atoms with Crippen molar-refractivity contribution in [3.05, 3.63) is 16.7 Å². The largest absolute Gasteiger partial charge is 0.394 e. The summed E-state index contributed by atoms with van der Waals surface area (Å²) in [7, 11) is 0. The molecule has 0 saturated carbocycles. The Balaban J connectivity index is 1.78. The number of aliphatic hydroxyl groups is 4. The Hall–Kier alpha value is -2.09. The predicted octanol–water partition coefficient (Wildman–Crippen LogP) is -3.31. The Bertz CT molecular complexity index is 793. The van der Waals surface area contributed by atoms with Crippen molar-refractivity contribution in [3.8, 4) is 0 Å². The number of nitrogens with one attached hydrogen (secondary N) is 1. The SMILES string of the molecule is Nc1nc2c(ncn2[C@@H]2O[C@H](COCC(O)CO)[C@@H](O)[C@H]2O)c(=O)[nH]1. The number of aliphatic hydroxyl groups excluding tert-OH is 4. The topological polar surface area (TPSA) is 189 Å². The van der Waals surface area contributed by atoms with Crippen molar-refractivity contribution in [1.29, 1.82) is 0 Å². The zero-order valence-corrected chi connectivity index (χ0v) is 13.0. The lowest BCUT2D eigenvalue weighted by atomic mass is 10.1. The molecule has 0 aliphatic carbocycles. The van der Waals surface area contributed by atoms with Crippen LogP contribution in [0.3, 0.4) is 0 Å². The second-order valence-corrected chi connectivity index (χ2v) is 5.70. The number of hydrogen-bond acceptors (Lipinski definition) is 10. The lowest BCUT2D eigenvalue weighted by Gasteiger charge is -2.16. The van der Waals surface area contributed by atoms with Crippen molar-refractivity contribution in [2.75, 3.05) is 25.6 Å². The molecule has 3 heterocycles. The van der Waals surface area contributed by atoms with Gasteiger partial charge in [-0.1, -0.05) is 0 Å². The maximum atomic E-state index is 11.8. The molecule has 3 rings (SSSR count). The molecule has 2 aromatic heterocycles. The van der Waals surface area contributed by atoms with E-state index in [0.717, 1.165) is 0 Å². The van der Waals surface area contributed by atoms with Gasteiger partial charge in [-0.05, 0) is 0 Å². The summed E-state index contributed by atoms with van der Waals surface area (Å²) < 4.78 is 12.1. The zero-order valence-electron chi connectivity index (χ0n) is 13.0. The second kappa shape index (κ2) is 7.03. The highest BCUT2D eigenvalue weighted by atomic mass is 16.6. The number of hydrogen-bond donors (Lipinski definition) is 6. The lowest BCUT2D eigenvalue weighted by molar-refractivity contribution is -0.0795. The molecule has 7 N–H and O–H groups in total. The van der Waals surface area contributed by atoms with Crippen LogP contribution in [0.5, 0.6) is 0 Å². The number of rotatable bonds is 6. The molecule has 1 aliphatic heterocycles. The van der Waals surface area contributed by atoms with Gasteiger partial charge in [0.15, 0.2) is 17.4 Å². The van der Waals surface area contributed by atoms with E-state index in [2.05, 4.69) is 15.0 Å². The van der Waals surface area contributed by atoms with Crippen LogP contribution < -0.4 is 11.3 Å². The molecule has 0 radical (unpaired) electrons. The average Bonchev–Trinajstić information content (AvgIpc) is 3.11. The number of anilines is 1. The van der Waals surface area contributed by atoms with Gasteiger partial charge in [0.05, 0.1) is 26.1 Å². The minimum absolute atomic E-state index is 0.0188. The Morgan fingerprint density at radius 2 is 2.20 bits per heavy atom. The van der Waals surface area contributed by atoms with Crippen molar-refractivity contribution < 1.29 is 29.9 Å². The van der Waals surface area contributed by atoms with E-state index in [4.69, 9.17) is 20.3 Å². The monoisotopic (exact) mass is 357 g/mol. The molecule has 12 heteroatoms. The van der Waals surface area contributed by atoms with Gasteiger partial charge in [0.1, 0.15) is 24.4 Å². The minimum Gasteiger partial charge on any atom is -0.394 e. The summed E-state index contributed by atoms with van der Waals surface area (Å²) in [6.07, 6.45) is -4.32. The summed E-state index contributed by atoms with van der Waals surface area (Å²) in [5.74, 6) is -0.120. The molecule has 12 nitrogen and oxygen atoms in total. The van der Waals surface area contributed by atoms with Gasteiger partial charge in [-0.25, -0.2) is 4.98 Å². The maximum Gasteiger partial charge on any atom is 0.280 e. The van der Waals surface area contributed by atoms with Crippen LogP contribution in [0.1, 0.15) is 6.23 Å². The molecule has 1 fully saturated rings. The number of H-pyrrole nitrogens is 1. The fourth-order valence-corrected chi connectivity index (χ4v) is 2.60. The smallest absolute Gasteiger partial charge is 0.280 e. The van der Waals surface area contributed by atoms with Crippen LogP contribution in [-0.4, -0.2) is 84.2 Å². The highest BCUT2D eigenvalue weighted by Gasteiger charge is 2.44. The first kappa shape index (κ1) is 17.7. The number of fused-ring (bicyclic) bond motifs is 1. The average molecular weight is 357 g/mol. The van der Waals surface area contributed by atoms with E-state index in [9.17, 15) is 20.1 Å². The molecule has 138 valence electrons. The van der Waals surface area contributed by atoms with Crippen LogP contribution >= 0.6 is 0 Å². The van der Waals surface area contributed by atoms with Crippen molar-refractivity contribution >= 4 is 17.1 Å². The number of nitrogen functional groups attached to an aromatic ring is 1. The summed E-state index contributed by atoms with van der Waals surface area (Å²) in [4.78, 5) is 22.0. The van der Waals surface area contributed by atoms with E-state index in [1.165, 1.54) is 10.9 Å². The third-order valence-electron chi connectivity index (χ3n) is 3.87. The van der Waals surface area contributed by atoms with Gasteiger partial charge in [0.25, 0.3) is 5.56 Å². The van der Waals surface area contributed by atoms with Gasteiger partial charge >= 0.3 is 0 Å². The number of aromatic amines is 1. The minimum atomic E-state index is -1.32. The fourth-order valence-electron chi connectivity index (χ4n) is 2.60. The second-order valence-electron chi connectivity index (χ2n) is 5.70. The molecule has 1 aliphatic rings. The van der Waals surface area contributed by atoms with Crippen molar-refractivity contribution in [2.45, 2.75) is 30.6 Å². The molecule has 25 heavy (non-hydrogen) atoms. The lowest BCUT2D eigenvalue weighted by Crippen LogP contribution is -2.34. The van der Waals surface area contributed by atoms with Crippen molar-refractivity contribution in [1.82, 2.24) is 19.5 Å². The molecular weight excluding hydrogens is 338 g/mol. The highest BCUT2D eigenvalue weighted by molar-refractivity contribution is 5.70. The van der Waals surface area contributed by atoms with Gasteiger partial charge in [-0.3, -0.25) is 14.3 Å². The molecule has 0 aromatic carbocycles. The maximum absolute atomic E-state index is 11.8. The van der Waals surface area contributed by atoms with E-state index in [1.807, 2.05) is 0 Å². The number of imidazole rings is 1. The number of aromatic nitrogens is 4. The molecule has 2 aromatic rings. The number of nitrogens with two attached hydrogens (primary N) is 1. The normalized spacial score (nSPS) is 27.8. The highest BCUT2D eigenvalue weighted by Crippen LogP contribution is 2.31. The molecule has 1 saturated heterocycles. The Labute approximate surface area is 140 Å². The van der Waals surface area contributed by atoms with E-state index >= 15 is 0 Å². The van der Waals surface area contributed by atoms with Crippen LogP contribution in [0, 0.1) is 0 Å². The van der Waals surface area contributed by atoms with Crippen molar-refractivity contribution in [3.63, 3.8) is 0 Å². The summed E-state index contributed by atoms with van der Waals surface area (Å²) in [5.41, 5.74) is 5.11. The van der Waals surface area contributed by atoms with Gasteiger partial charge in [-0.15, -0.1) is 0 Å². The first-order chi connectivity index (χ1) is 11.9. The fraction of sp³-hybridized carbons (Fsp3) is 0.615. The number of ether oxygens (including phenoxy) is 2. The zero-order chi connectivity index (χ0) is 18.1. The molecule has 0 amide bonds. The van der Waals surface area contributed by atoms with Gasteiger partial charge < -0.3 is 35.6 Å². The third kappa shape index (κ3) is 3.35. The molecule has 0 bridgehead atoms. The van der Waals surface area contributed by atoms with Gasteiger partial charge in [0, 0.05) is 0 Å². The quantitative estimate of drug-likeness (QED) is 0.305. The Morgan fingerprint density at radius 1 is 1.44 bits per heavy atom. The first-order valence-electron chi connectivity index (χ1n) is 7.53. The summed E-state index contributed by atoms with van der Waals surface area (Å²) in [5, 5.41) is 38.3. The van der Waals surface area contributed by atoms with E-state index in [1.54, 1.807) is 0 Å². The van der Waals surface area contributed by atoms with Gasteiger partial charge in [-0.2, -0.15) is 4.98 Å². The predicted molar refractivity (Wildman–Crippen MR) is 82.4 cm³/mol. The first-order valence-corrected chi connectivity index (χ1v) is 7.53. The molecule has 1 unspecified atom stereocenters. The van der Waals surface area contributed by atoms with Crippen molar-refractivity contribution in [2.24, 2.45) is 0 Å². The Kier molecular flexibility index (Phi) is 4.99. The number of nitrogens with zero attached hydrogens (tertiary/aromatic N) is 3. The molecule has 5 atom stereocenters. The van der Waals surface area contributed by atoms with Crippen LogP contribution in [-0.2, 0) is 9.47 Å². The summed E-state index contributed by atoms with van der Waals surface area (Å²) in [6, 6.07) is 0.